The van der Waals surface area contributed by atoms with E-state index in [2.05, 4.69) is 39.6 Å². The summed E-state index contributed by atoms with van der Waals surface area (Å²) in [7, 11) is 0. The van der Waals surface area contributed by atoms with Gasteiger partial charge in [0.15, 0.2) is 0 Å². The third-order valence-electron chi connectivity index (χ3n) is 2.00. The lowest BCUT2D eigenvalue weighted by atomic mass is 10.2. The molecule has 0 aliphatic rings. The lowest BCUT2D eigenvalue weighted by molar-refractivity contribution is 0.625. The Morgan fingerprint density at radius 2 is 2.43 bits per heavy atom. The molecular weight excluding hydrogens is 282 g/mol. The molecular formula is C10H15BrClNS. The van der Waals surface area contributed by atoms with Crippen LogP contribution in [-0.4, -0.2) is 11.9 Å². The number of thiophene rings is 1. The molecule has 14 heavy (non-hydrogen) atoms. The van der Waals surface area contributed by atoms with Crippen molar-refractivity contribution in [3.05, 3.63) is 20.8 Å². The number of hydrogen-bond donors (Lipinski definition) is 1. The van der Waals surface area contributed by atoms with Gasteiger partial charge in [0.05, 0.1) is 0 Å². The van der Waals surface area contributed by atoms with E-state index in [9.17, 15) is 0 Å². The van der Waals surface area contributed by atoms with Gasteiger partial charge in [-0.25, -0.2) is 0 Å². The molecule has 1 aromatic rings. The molecule has 4 heteroatoms. The number of nitrogens with one attached hydrogen (secondary N) is 1. The Balaban J connectivity index is 2.10. The first kappa shape index (κ1) is 12.5. The van der Waals surface area contributed by atoms with Gasteiger partial charge < -0.3 is 5.32 Å². The van der Waals surface area contributed by atoms with E-state index in [4.69, 9.17) is 11.6 Å². The molecule has 0 aliphatic heterocycles. The summed E-state index contributed by atoms with van der Waals surface area (Å²) in [6, 6.07) is 2.15. The Labute approximate surface area is 103 Å². The highest BCUT2D eigenvalue weighted by atomic mass is 79.9. The molecule has 0 aromatic carbocycles. The van der Waals surface area contributed by atoms with Gasteiger partial charge in [-0.3, -0.25) is 0 Å². The van der Waals surface area contributed by atoms with Crippen molar-refractivity contribution in [2.24, 2.45) is 0 Å². The molecule has 0 spiro atoms. The Kier molecular flexibility index (Phi) is 6.10. The summed E-state index contributed by atoms with van der Waals surface area (Å²) in [4.78, 5) is 1.36. The van der Waals surface area contributed by atoms with E-state index < -0.39 is 0 Å². The molecule has 0 aliphatic carbocycles. The smallest absolute Gasteiger partial charge is 0.0345 e. The summed E-state index contributed by atoms with van der Waals surface area (Å²) < 4.78 is 1.17. The van der Waals surface area contributed by atoms with Crippen LogP contribution in [0.1, 0.15) is 24.6 Å². The highest BCUT2D eigenvalue weighted by Gasteiger charge is 2.01. The normalized spacial score (nSPS) is 13.1. The van der Waals surface area contributed by atoms with E-state index in [1.54, 1.807) is 11.3 Å². The molecule has 1 unspecified atom stereocenters. The lowest BCUT2D eigenvalue weighted by Crippen LogP contribution is -2.17. The van der Waals surface area contributed by atoms with Crippen LogP contribution in [0.3, 0.4) is 0 Å². The Bertz CT molecular complexity index is 264. The third kappa shape index (κ3) is 4.78. The second-order valence-electron chi connectivity index (χ2n) is 3.20. The van der Waals surface area contributed by atoms with Gasteiger partial charge in [-0.05, 0) is 41.4 Å². The highest BCUT2D eigenvalue weighted by Crippen LogP contribution is 2.19. The molecule has 1 rings (SSSR count). The molecule has 1 N–H and O–H groups in total. The summed E-state index contributed by atoms with van der Waals surface area (Å²) in [5, 5.41) is 5.81. The van der Waals surface area contributed by atoms with Crippen LogP contribution in [0.5, 0.6) is 0 Å². The zero-order chi connectivity index (χ0) is 10.4. The van der Waals surface area contributed by atoms with Crippen molar-refractivity contribution in [1.82, 2.24) is 5.32 Å². The van der Waals surface area contributed by atoms with Gasteiger partial charge in [0.2, 0.25) is 0 Å². The largest absolute Gasteiger partial charge is 0.312 e. The van der Waals surface area contributed by atoms with Crippen LogP contribution < -0.4 is 5.32 Å². The Morgan fingerprint density at radius 3 is 3.00 bits per heavy atom. The number of hydrogen-bond acceptors (Lipinski definition) is 2. The predicted octanol–water partition coefficient (Wildman–Crippen LogP) is 4.01. The van der Waals surface area contributed by atoms with Gasteiger partial charge in [0.25, 0.3) is 0 Å². The van der Waals surface area contributed by atoms with Crippen molar-refractivity contribution in [2.45, 2.75) is 31.7 Å². The molecule has 1 heterocycles. The van der Waals surface area contributed by atoms with E-state index in [1.807, 2.05) is 0 Å². The van der Waals surface area contributed by atoms with Gasteiger partial charge >= 0.3 is 0 Å². The Morgan fingerprint density at radius 1 is 1.64 bits per heavy atom. The molecule has 0 bridgehead atoms. The minimum atomic E-state index is 0.317. The van der Waals surface area contributed by atoms with Crippen LogP contribution in [-0.2, 0) is 6.54 Å². The number of halogens is 2. The fourth-order valence-electron chi connectivity index (χ4n) is 1.12. The monoisotopic (exact) mass is 295 g/mol. The maximum absolute atomic E-state index is 6.01. The minimum absolute atomic E-state index is 0.317. The van der Waals surface area contributed by atoms with Crippen molar-refractivity contribution in [3.63, 3.8) is 0 Å². The van der Waals surface area contributed by atoms with Crippen molar-refractivity contribution in [1.29, 1.82) is 0 Å². The van der Waals surface area contributed by atoms with Crippen LogP contribution in [0.4, 0.5) is 0 Å². The van der Waals surface area contributed by atoms with Crippen molar-refractivity contribution < 1.29 is 0 Å². The van der Waals surface area contributed by atoms with Crippen LogP contribution in [0.2, 0.25) is 0 Å². The van der Waals surface area contributed by atoms with Crippen LogP contribution in [0.25, 0.3) is 0 Å². The van der Waals surface area contributed by atoms with Crippen LogP contribution in [0, 0.1) is 0 Å². The lowest BCUT2D eigenvalue weighted by Gasteiger charge is -2.06. The first-order chi connectivity index (χ1) is 6.72. The van der Waals surface area contributed by atoms with Gasteiger partial charge in [-0.15, -0.1) is 22.9 Å². The van der Waals surface area contributed by atoms with Crippen molar-refractivity contribution in [2.75, 3.05) is 6.54 Å². The summed E-state index contributed by atoms with van der Waals surface area (Å²) in [6.45, 7) is 4.06. The standard InChI is InChI=1S/C10H15BrClNS/c1-2-9(12)3-4-13-6-10-5-8(11)7-14-10/h5,7,9,13H,2-4,6H2,1H3. The van der Waals surface area contributed by atoms with Crippen LogP contribution in [0.15, 0.2) is 15.9 Å². The summed E-state index contributed by atoms with van der Waals surface area (Å²) in [6.07, 6.45) is 2.10. The van der Waals surface area contributed by atoms with Crippen LogP contribution >= 0.6 is 38.9 Å². The average molecular weight is 297 g/mol. The van der Waals surface area contributed by atoms with E-state index in [0.717, 1.165) is 25.9 Å². The number of alkyl halides is 1. The number of rotatable bonds is 6. The van der Waals surface area contributed by atoms with Gasteiger partial charge in [0, 0.05) is 26.7 Å². The molecule has 0 fully saturated rings. The summed E-state index contributed by atoms with van der Waals surface area (Å²) >= 11 is 11.2. The maximum atomic E-state index is 6.01. The first-order valence-electron chi connectivity index (χ1n) is 4.80. The minimum Gasteiger partial charge on any atom is -0.312 e. The van der Waals surface area contributed by atoms with E-state index in [-0.39, 0.29) is 0 Å². The molecule has 1 nitrogen and oxygen atoms in total. The average Bonchev–Trinajstić information content (AvgIpc) is 2.58. The van der Waals surface area contributed by atoms with Gasteiger partial charge in [0.1, 0.15) is 0 Å². The van der Waals surface area contributed by atoms with Crippen molar-refractivity contribution >= 4 is 38.9 Å². The highest BCUT2D eigenvalue weighted by molar-refractivity contribution is 9.10. The first-order valence-corrected chi connectivity index (χ1v) is 6.91. The maximum Gasteiger partial charge on any atom is 0.0345 e. The van der Waals surface area contributed by atoms with Crippen molar-refractivity contribution in [3.8, 4) is 0 Å². The fraction of sp³-hybridized carbons (Fsp3) is 0.600. The predicted molar refractivity (Wildman–Crippen MR) is 68.3 cm³/mol. The summed E-state index contributed by atoms with van der Waals surface area (Å²) in [5.74, 6) is 0. The third-order valence-corrected chi connectivity index (χ3v) is 4.22. The molecule has 0 amide bonds. The molecule has 80 valence electrons. The SMILES string of the molecule is CCC(Cl)CCNCc1cc(Br)cs1. The molecule has 0 saturated heterocycles. The second-order valence-corrected chi connectivity index (χ2v) is 5.73. The topological polar surface area (TPSA) is 12.0 Å². The molecule has 0 radical (unpaired) electrons. The molecule has 1 atom stereocenters. The quantitative estimate of drug-likeness (QED) is 0.618. The second kappa shape index (κ2) is 6.83. The summed E-state index contributed by atoms with van der Waals surface area (Å²) in [5.41, 5.74) is 0. The van der Waals surface area contributed by atoms with E-state index in [1.165, 1.54) is 9.35 Å². The Hall–Kier alpha value is 0.430. The molecule has 1 aromatic heterocycles. The van der Waals surface area contributed by atoms with Gasteiger partial charge in [-0.2, -0.15) is 0 Å². The fourth-order valence-corrected chi connectivity index (χ4v) is 2.65. The van der Waals surface area contributed by atoms with E-state index in [0.29, 0.717) is 5.38 Å². The zero-order valence-corrected chi connectivity index (χ0v) is 11.4. The van der Waals surface area contributed by atoms with E-state index >= 15 is 0 Å². The molecule has 0 saturated carbocycles. The van der Waals surface area contributed by atoms with Gasteiger partial charge in [-0.1, -0.05) is 6.92 Å². The zero-order valence-electron chi connectivity index (χ0n) is 8.22.